The Morgan fingerprint density at radius 2 is 2.25 bits per heavy atom. The maximum absolute atomic E-state index is 12.2. The van der Waals surface area contributed by atoms with Gasteiger partial charge in [-0.3, -0.25) is 4.79 Å². The summed E-state index contributed by atoms with van der Waals surface area (Å²) in [6.07, 6.45) is 1.66. The number of rotatable bonds is 0. The van der Waals surface area contributed by atoms with Crippen LogP contribution in [0.1, 0.15) is 30.1 Å². The van der Waals surface area contributed by atoms with Gasteiger partial charge in [-0.05, 0) is 31.9 Å². The van der Waals surface area contributed by atoms with E-state index in [-0.39, 0.29) is 17.6 Å². The molecule has 1 N–H and O–H groups in total. The molecule has 3 heteroatoms. The Bertz CT molecular complexity index is 514. The van der Waals surface area contributed by atoms with Crippen molar-refractivity contribution >= 4 is 5.78 Å². The average Bonchev–Trinajstić information content (AvgIpc) is 2.60. The highest BCUT2D eigenvalue weighted by Gasteiger charge is 2.37. The fraction of sp³-hybridized carbons (Fsp3) is 0.308. The van der Waals surface area contributed by atoms with Gasteiger partial charge in [-0.1, -0.05) is 11.6 Å². The van der Waals surface area contributed by atoms with Crippen LogP contribution >= 0.6 is 0 Å². The van der Waals surface area contributed by atoms with E-state index in [4.69, 9.17) is 4.74 Å². The predicted molar refractivity (Wildman–Crippen MR) is 58.8 cm³/mol. The van der Waals surface area contributed by atoms with Crippen molar-refractivity contribution in [3.63, 3.8) is 0 Å². The first-order valence-corrected chi connectivity index (χ1v) is 5.41. The third-order valence-electron chi connectivity index (χ3n) is 3.31. The Hall–Kier alpha value is -1.77. The molecule has 3 rings (SSSR count). The Labute approximate surface area is 93.4 Å². The summed E-state index contributed by atoms with van der Waals surface area (Å²) >= 11 is 0. The second-order valence-corrected chi connectivity index (χ2v) is 4.32. The first-order valence-electron chi connectivity index (χ1n) is 5.41. The van der Waals surface area contributed by atoms with E-state index < -0.39 is 0 Å². The number of benzene rings is 1. The molecule has 0 bridgehead atoms. The minimum Gasteiger partial charge on any atom is -0.507 e. The lowest BCUT2D eigenvalue weighted by atomic mass is 9.95. The molecule has 1 atom stereocenters. The minimum absolute atomic E-state index is 0.00755. The number of carbonyl (C=O) groups excluding carboxylic acids is 1. The van der Waals surface area contributed by atoms with E-state index in [9.17, 15) is 9.90 Å². The van der Waals surface area contributed by atoms with Crippen molar-refractivity contribution in [3.05, 3.63) is 34.9 Å². The van der Waals surface area contributed by atoms with E-state index in [1.807, 2.05) is 6.92 Å². The normalized spacial score (nSPS) is 22.8. The van der Waals surface area contributed by atoms with Crippen LogP contribution in [-0.2, 0) is 0 Å². The molecule has 0 radical (unpaired) electrons. The molecule has 16 heavy (non-hydrogen) atoms. The maximum Gasteiger partial charge on any atom is 0.200 e. The van der Waals surface area contributed by atoms with Crippen LogP contribution in [0.4, 0.5) is 0 Å². The highest BCUT2D eigenvalue weighted by atomic mass is 16.5. The van der Waals surface area contributed by atoms with Gasteiger partial charge in [0.15, 0.2) is 5.78 Å². The van der Waals surface area contributed by atoms with E-state index in [1.54, 1.807) is 12.1 Å². The van der Waals surface area contributed by atoms with Gasteiger partial charge in [0.1, 0.15) is 23.2 Å². The van der Waals surface area contributed by atoms with Gasteiger partial charge in [0, 0.05) is 5.57 Å². The molecule has 0 fully saturated rings. The van der Waals surface area contributed by atoms with E-state index in [1.165, 1.54) is 6.07 Å². The number of phenolic OH excluding ortho intramolecular Hbond substituents is 1. The van der Waals surface area contributed by atoms with Crippen LogP contribution in [0, 0.1) is 0 Å². The van der Waals surface area contributed by atoms with Gasteiger partial charge in [-0.2, -0.15) is 0 Å². The largest absolute Gasteiger partial charge is 0.507 e. The molecule has 1 aromatic carbocycles. The Balaban J connectivity index is 2.22. The zero-order valence-corrected chi connectivity index (χ0v) is 8.99. The van der Waals surface area contributed by atoms with E-state index in [0.29, 0.717) is 11.3 Å². The molecule has 2 aliphatic rings. The molecule has 0 spiro atoms. The first-order chi connectivity index (χ1) is 7.68. The van der Waals surface area contributed by atoms with E-state index >= 15 is 0 Å². The minimum atomic E-state index is -0.109. The Morgan fingerprint density at radius 1 is 1.44 bits per heavy atom. The lowest BCUT2D eigenvalue weighted by molar-refractivity contribution is 0.0962. The molecule has 0 saturated carbocycles. The third-order valence-corrected chi connectivity index (χ3v) is 3.31. The van der Waals surface area contributed by atoms with Gasteiger partial charge in [-0.25, -0.2) is 0 Å². The zero-order chi connectivity index (χ0) is 11.3. The van der Waals surface area contributed by atoms with Crippen molar-refractivity contribution < 1.29 is 14.6 Å². The summed E-state index contributed by atoms with van der Waals surface area (Å²) in [5.41, 5.74) is 2.15. The lowest BCUT2D eigenvalue weighted by Gasteiger charge is -2.25. The average molecular weight is 216 g/mol. The molecule has 3 nitrogen and oxygen atoms in total. The van der Waals surface area contributed by atoms with Crippen LogP contribution in [0.2, 0.25) is 0 Å². The molecule has 82 valence electrons. The highest BCUT2D eigenvalue weighted by Crippen LogP contribution is 2.41. The topological polar surface area (TPSA) is 46.5 Å². The molecule has 1 unspecified atom stereocenters. The van der Waals surface area contributed by atoms with Crippen LogP contribution in [-0.4, -0.2) is 17.0 Å². The van der Waals surface area contributed by atoms with Crippen molar-refractivity contribution in [1.82, 2.24) is 0 Å². The number of Topliss-reactive ketones (excluding diaryl/α,β-unsaturated/α-hetero) is 1. The number of allylic oxidation sites excluding steroid dienone is 1. The summed E-state index contributed by atoms with van der Waals surface area (Å²) in [5, 5.41) is 9.71. The van der Waals surface area contributed by atoms with Crippen LogP contribution in [0.5, 0.6) is 11.5 Å². The predicted octanol–water partition coefficient (Wildman–Crippen LogP) is 2.45. The van der Waals surface area contributed by atoms with E-state index in [0.717, 1.165) is 24.0 Å². The number of aromatic hydroxyl groups is 1. The number of carbonyl (C=O) groups is 1. The number of ketones is 1. The van der Waals surface area contributed by atoms with Gasteiger partial charge < -0.3 is 9.84 Å². The van der Waals surface area contributed by atoms with Gasteiger partial charge in [0.05, 0.1) is 0 Å². The molecule has 1 aromatic rings. The van der Waals surface area contributed by atoms with Crippen molar-refractivity contribution in [1.29, 1.82) is 0 Å². The molecular weight excluding hydrogens is 204 g/mol. The quantitative estimate of drug-likeness (QED) is 0.724. The molecular formula is C13H12O3. The Morgan fingerprint density at radius 3 is 3.06 bits per heavy atom. The summed E-state index contributed by atoms with van der Waals surface area (Å²) in [5.74, 6) is 0.445. The standard InChI is InChI=1S/C13H12O3/c1-7-5-6-10-11(7)13(15)12-8(14)3-2-4-9(12)16-10/h2-4,10,14H,5-6H2,1H3. The van der Waals surface area contributed by atoms with Gasteiger partial charge >= 0.3 is 0 Å². The fourth-order valence-electron chi connectivity index (χ4n) is 2.49. The number of ether oxygens (including phenoxy) is 1. The third kappa shape index (κ3) is 1.11. The van der Waals surface area contributed by atoms with Crippen LogP contribution in [0.15, 0.2) is 29.3 Å². The summed E-state index contributed by atoms with van der Waals surface area (Å²) in [7, 11) is 0. The van der Waals surface area contributed by atoms with Crippen molar-refractivity contribution in [3.8, 4) is 11.5 Å². The zero-order valence-electron chi connectivity index (χ0n) is 8.99. The van der Waals surface area contributed by atoms with Crippen LogP contribution in [0.3, 0.4) is 0 Å². The maximum atomic E-state index is 12.2. The summed E-state index contributed by atoms with van der Waals surface area (Å²) in [6, 6.07) is 4.95. The fourth-order valence-corrected chi connectivity index (χ4v) is 2.49. The lowest BCUT2D eigenvalue weighted by Crippen LogP contribution is -2.27. The molecule has 0 aromatic heterocycles. The summed E-state index contributed by atoms with van der Waals surface area (Å²) in [4.78, 5) is 12.2. The molecule has 0 amide bonds. The molecule has 0 saturated heterocycles. The van der Waals surface area contributed by atoms with E-state index in [2.05, 4.69) is 0 Å². The smallest absolute Gasteiger partial charge is 0.200 e. The molecule has 1 aliphatic heterocycles. The van der Waals surface area contributed by atoms with Crippen molar-refractivity contribution in [2.75, 3.05) is 0 Å². The van der Waals surface area contributed by atoms with Crippen LogP contribution < -0.4 is 4.74 Å². The SMILES string of the molecule is CC1=C2C(=O)c3c(O)cccc3OC2CC1. The number of phenols is 1. The number of fused-ring (bicyclic) bond motifs is 2. The van der Waals surface area contributed by atoms with Crippen molar-refractivity contribution in [2.24, 2.45) is 0 Å². The highest BCUT2D eigenvalue weighted by molar-refractivity contribution is 6.14. The van der Waals surface area contributed by atoms with Crippen molar-refractivity contribution in [2.45, 2.75) is 25.9 Å². The first kappa shape index (κ1) is 9.46. The second-order valence-electron chi connectivity index (χ2n) is 4.32. The second kappa shape index (κ2) is 3.11. The van der Waals surface area contributed by atoms with Gasteiger partial charge in [-0.15, -0.1) is 0 Å². The Kier molecular flexibility index (Phi) is 1.84. The number of hydrogen-bond acceptors (Lipinski definition) is 3. The van der Waals surface area contributed by atoms with Gasteiger partial charge in [0.25, 0.3) is 0 Å². The molecule has 1 aliphatic carbocycles. The monoisotopic (exact) mass is 216 g/mol. The molecule has 1 heterocycles. The van der Waals surface area contributed by atoms with Crippen LogP contribution in [0.25, 0.3) is 0 Å². The summed E-state index contributed by atoms with van der Waals surface area (Å²) < 4.78 is 5.74. The van der Waals surface area contributed by atoms with Gasteiger partial charge in [0.2, 0.25) is 0 Å². The number of hydrogen-bond donors (Lipinski definition) is 1. The summed E-state index contributed by atoms with van der Waals surface area (Å²) in [6.45, 7) is 1.96.